The number of pyridine rings is 1. The van der Waals surface area contributed by atoms with Gasteiger partial charge in [-0.2, -0.15) is 13.2 Å². The lowest BCUT2D eigenvalue weighted by Gasteiger charge is -2.34. The molecule has 0 bridgehead atoms. The molecule has 1 fully saturated rings. The number of carbonyl (C=O) groups excluding carboxylic acids is 2. The number of hydrogen-bond acceptors (Lipinski definition) is 7. The van der Waals surface area contributed by atoms with Crippen molar-refractivity contribution in [1.82, 2.24) is 4.98 Å². The molecule has 2 heterocycles. The first-order valence-electron chi connectivity index (χ1n) is 10.6. The molecule has 184 valence electrons. The van der Waals surface area contributed by atoms with Crippen molar-refractivity contribution in [2.75, 3.05) is 37.5 Å². The number of carbonyl (C=O) groups is 2. The van der Waals surface area contributed by atoms with Crippen molar-refractivity contribution in [3.05, 3.63) is 42.1 Å². The zero-order valence-corrected chi connectivity index (χ0v) is 19.0. The summed E-state index contributed by atoms with van der Waals surface area (Å²) in [4.78, 5) is 30.6. The third kappa shape index (κ3) is 5.89. The van der Waals surface area contributed by atoms with E-state index in [-0.39, 0.29) is 12.4 Å². The average molecular weight is 481 g/mol. The maximum absolute atomic E-state index is 13.4. The number of hydrogen-bond donors (Lipinski definition) is 1. The van der Waals surface area contributed by atoms with Crippen LogP contribution in [-0.4, -0.2) is 50.3 Å². The van der Waals surface area contributed by atoms with E-state index in [1.807, 2.05) is 0 Å². The van der Waals surface area contributed by atoms with Crippen LogP contribution < -0.4 is 19.7 Å². The summed E-state index contributed by atoms with van der Waals surface area (Å²) in [5.74, 6) is -1.20. The van der Waals surface area contributed by atoms with Gasteiger partial charge in [0.15, 0.2) is 17.6 Å². The predicted molar refractivity (Wildman–Crippen MR) is 118 cm³/mol. The lowest BCUT2D eigenvalue weighted by Crippen LogP contribution is -2.42. The minimum absolute atomic E-state index is 0.0168. The van der Waals surface area contributed by atoms with E-state index in [1.54, 1.807) is 18.2 Å². The molecule has 0 saturated carbocycles. The number of aromatic nitrogens is 1. The number of methoxy groups -OCH3 is 2. The van der Waals surface area contributed by atoms with Gasteiger partial charge in [-0.1, -0.05) is 0 Å². The molecule has 1 aliphatic heterocycles. The topological polar surface area (TPSA) is 90.0 Å². The van der Waals surface area contributed by atoms with Gasteiger partial charge in [0.1, 0.15) is 5.82 Å². The molecule has 0 spiro atoms. The Balaban J connectivity index is 1.62. The molecule has 1 N–H and O–H groups in total. The first-order valence-corrected chi connectivity index (χ1v) is 10.6. The molecule has 2 atom stereocenters. The zero-order chi connectivity index (χ0) is 24.9. The van der Waals surface area contributed by atoms with Crippen molar-refractivity contribution >= 4 is 23.4 Å². The van der Waals surface area contributed by atoms with Crippen LogP contribution >= 0.6 is 0 Å². The molecule has 34 heavy (non-hydrogen) atoms. The highest BCUT2D eigenvalue weighted by Crippen LogP contribution is 2.36. The second kappa shape index (κ2) is 10.6. The van der Waals surface area contributed by atoms with Crippen molar-refractivity contribution in [3.63, 3.8) is 0 Å². The molecule has 2 unspecified atom stereocenters. The molecule has 11 heteroatoms. The monoisotopic (exact) mass is 481 g/mol. The Morgan fingerprint density at radius 2 is 1.91 bits per heavy atom. The molecular weight excluding hydrogens is 455 g/mol. The van der Waals surface area contributed by atoms with E-state index in [0.29, 0.717) is 36.6 Å². The van der Waals surface area contributed by atoms with Gasteiger partial charge >= 0.3 is 12.1 Å². The average Bonchev–Trinajstić information content (AvgIpc) is 2.83. The van der Waals surface area contributed by atoms with Crippen molar-refractivity contribution in [3.8, 4) is 11.5 Å². The van der Waals surface area contributed by atoms with Crippen LogP contribution in [0.25, 0.3) is 0 Å². The van der Waals surface area contributed by atoms with Gasteiger partial charge in [-0.15, -0.1) is 0 Å². The molecule has 1 aromatic carbocycles. The SMILES string of the molecule is COc1ccc(NC(=O)C(C)OC(=O)C2CCCN(c3ncccc3C(F)(F)F)C2)cc1OC. The number of esters is 1. The number of ether oxygens (including phenoxy) is 3. The van der Waals surface area contributed by atoms with Crippen molar-refractivity contribution in [2.45, 2.75) is 32.0 Å². The maximum Gasteiger partial charge on any atom is 0.419 e. The summed E-state index contributed by atoms with van der Waals surface area (Å²) in [6.07, 6.45) is -3.47. The molecule has 0 radical (unpaired) electrons. The Labute approximate surface area is 195 Å². The maximum atomic E-state index is 13.4. The van der Waals surface area contributed by atoms with Crippen LogP contribution in [0.2, 0.25) is 0 Å². The Hall–Kier alpha value is -3.50. The molecule has 0 aliphatic carbocycles. The van der Waals surface area contributed by atoms with Gasteiger partial charge in [0.25, 0.3) is 5.91 Å². The fourth-order valence-corrected chi connectivity index (χ4v) is 3.71. The van der Waals surface area contributed by atoms with Crippen molar-refractivity contribution < 1.29 is 37.0 Å². The molecule has 1 saturated heterocycles. The lowest BCUT2D eigenvalue weighted by molar-refractivity contribution is -0.157. The summed E-state index contributed by atoms with van der Waals surface area (Å²) in [5.41, 5.74) is -0.434. The number of anilines is 2. The largest absolute Gasteiger partial charge is 0.493 e. The normalized spacial score (nSPS) is 17.0. The van der Waals surface area contributed by atoms with Gasteiger partial charge in [-0.25, -0.2) is 4.98 Å². The van der Waals surface area contributed by atoms with Gasteiger partial charge in [-0.3, -0.25) is 9.59 Å². The Morgan fingerprint density at radius 1 is 1.18 bits per heavy atom. The van der Waals surface area contributed by atoms with Crippen molar-refractivity contribution in [1.29, 1.82) is 0 Å². The summed E-state index contributed by atoms with van der Waals surface area (Å²) in [6.45, 7) is 1.78. The number of nitrogens with one attached hydrogen (secondary N) is 1. The molecule has 3 rings (SSSR count). The molecule has 2 aromatic rings. The summed E-state index contributed by atoms with van der Waals surface area (Å²) >= 11 is 0. The lowest BCUT2D eigenvalue weighted by atomic mass is 9.97. The van der Waals surface area contributed by atoms with Crippen LogP contribution in [0.4, 0.5) is 24.7 Å². The van der Waals surface area contributed by atoms with E-state index in [1.165, 1.54) is 38.3 Å². The van der Waals surface area contributed by atoms with Gasteiger partial charge in [0.05, 0.1) is 25.7 Å². The summed E-state index contributed by atoms with van der Waals surface area (Å²) in [7, 11) is 2.95. The highest BCUT2D eigenvalue weighted by atomic mass is 19.4. The van der Waals surface area contributed by atoms with Crippen LogP contribution in [0.3, 0.4) is 0 Å². The molecular formula is C23H26F3N3O5. The predicted octanol–water partition coefficient (Wildman–Crippen LogP) is 3.90. The minimum atomic E-state index is -4.56. The van der Waals surface area contributed by atoms with E-state index in [9.17, 15) is 22.8 Å². The third-order valence-corrected chi connectivity index (χ3v) is 5.46. The number of piperidine rings is 1. The van der Waals surface area contributed by atoms with Crippen molar-refractivity contribution in [2.24, 2.45) is 5.92 Å². The van der Waals surface area contributed by atoms with E-state index in [4.69, 9.17) is 14.2 Å². The summed E-state index contributed by atoms with van der Waals surface area (Å²) in [6, 6.07) is 6.98. The van der Waals surface area contributed by atoms with Crippen LogP contribution in [0, 0.1) is 5.92 Å². The number of halogens is 3. The minimum Gasteiger partial charge on any atom is -0.493 e. The van der Waals surface area contributed by atoms with Gasteiger partial charge in [-0.05, 0) is 44.0 Å². The van der Waals surface area contributed by atoms with Gasteiger partial charge < -0.3 is 24.4 Å². The standard InChI is InChI=1S/C23H26F3N3O5/c1-14(21(30)28-16-8-9-18(32-2)19(12-16)33-3)34-22(31)15-6-5-11-29(13-15)20-17(23(24,25)26)7-4-10-27-20/h4,7-10,12,14-15H,5-6,11,13H2,1-3H3,(H,28,30). The zero-order valence-electron chi connectivity index (χ0n) is 19.0. The second-order valence-electron chi connectivity index (χ2n) is 7.80. The first kappa shape index (κ1) is 25.1. The Morgan fingerprint density at radius 3 is 2.59 bits per heavy atom. The highest BCUT2D eigenvalue weighted by molar-refractivity contribution is 5.95. The quantitative estimate of drug-likeness (QED) is 0.600. The van der Waals surface area contributed by atoms with E-state index in [2.05, 4.69) is 10.3 Å². The highest BCUT2D eigenvalue weighted by Gasteiger charge is 2.38. The van der Waals surface area contributed by atoms with Crippen LogP contribution in [0.15, 0.2) is 36.5 Å². The fourth-order valence-electron chi connectivity index (χ4n) is 3.71. The first-order chi connectivity index (χ1) is 16.1. The second-order valence-corrected chi connectivity index (χ2v) is 7.80. The van der Waals surface area contributed by atoms with E-state index in [0.717, 1.165) is 6.07 Å². The van der Waals surface area contributed by atoms with Crippen LogP contribution in [-0.2, 0) is 20.5 Å². The van der Waals surface area contributed by atoms with E-state index >= 15 is 0 Å². The smallest absolute Gasteiger partial charge is 0.419 e. The number of amides is 1. The molecule has 1 aliphatic rings. The fraction of sp³-hybridized carbons (Fsp3) is 0.435. The summed E-state index contributed by atoms with van der Waals surface area (Å²) in [5, 5.41) is 2.64. The molecule has 8 nitrogen and oxygen atoms in total. The molecule has 1 amide bonds. The third-order valence-electron chi connectivity index (χ3n) is 5.46. The number of alkyl halides is 3. The van der Waals surface area contributed by atoms with E-state index < -0.39 is 35.6 Å². The number of benzene rings is 1. The Kier molecular flexibility index (Phi) is 7.85. The van der Waals surface area contributed by atoms with Crippen LogP contribution in [0.5, 0.6) is 11.5 Å². The molecule has 1 aromatic heterocycles. The van der Waals surface area contributed by atoms with Gasteiger partial charge in [0, 0.05) is 31.0 Å². The number of rotatable bonds is 7. The van der Waals surface area contributed by atoms with Crippen LogP contribution in [0.1, 0.15) is 25.3 Å². The van der Waals surface area contributed by atoms with Gasteiger partial charge in [0.2, 0.25) is 0 Å². The summed E-state index contributed by atoms with van der Waals surface area (Å²) < 4.78 is 55.8. The number of nitrogens with zero attached hydrogens (tertiary/aromatic N) is 2. The Bertz CT molecular complexity index is 1030.